The van der Waals surface area contributed by atoms with Crippen molar-refractivity contribution in [2.75, 3.05) is 10.6 Å². The van der Waals surface area contributed by atoms with E-state index in [-0.39, 0.29) is 44.8 Å². The van der Waals surface area contributed by atoms with E-state index in [1.165, 1.54) is 36.4 Å². The van der Waals surface area contributed by atoms with Crippen LogP contribution in [0.4, 0.5) is 22.7 Å². The molecule has 3 aromatic carbocycles. The van der Waals surface area contributed by atoms with E-state index in [1.54, 1.807) is 0 Å². The van der Waals surface area contributed by atoms with E-state index in [9.17, 15) is 55.5 Å². The third-order valence-corrected chi connectivity index (χ3v) is 9.26. The lowest BCUT2D eigenvalue weighted by molar-refractivity contribution is -0.761. The monoisotopic (exact) mass is 805 g/mol. The molecule has 0 spiro atoms. The molecular weight excluding hydrogens is 781 g/mol. The standard InChI is InChI=1S/C34H24N6O14S2/c41-29-13-9-23(15-27(29)33(43)44)36-35-21-5-7-22(8-6-21)37-39(47)25-11-3-19(31(17-25)55(49,50)51)1-2-20-4-12-26(18-32(20)56(52,53)54)40(48)38-24-10-14-30(42)28(16-24)34(45)46/h1-18,47-48H,(H4,43,44,45,46,49,50,51,52,53,54)/p+1/b2-1+,36-23?,38-24?. The van der Waals surface area contributed by atoms with Gasteiger partial charge < -0.3 is 10.2 Å². The number of carbonyl (C=O) groups excluding carboxylic acids is 2. The summed E-state index contributed by atoms with van der Waals surface area (Å²) >= 11 is 0. The summed E-state index contributed by atoms with van der Waals surface area (Å²) < 4.78 is 69.1. The summed E-state index contributed by atoms with van der Waals surface area (Å²) in [6, 6.07) is 12.1. The number of carbonyl (C=O) groups is 4. The Kier molecular flexibility index (Phi) is 11.4. The topological polar surface area (TPSA) is 313 Å². The van der Waals surface area contributed by atoms with Crippen LogP contribution in [0.1, 0.15) is 11.1 Å². The second-order valence-electron chi connectivity index (χ2n) is 11.2. The van der Waals surface area contributed by atoms with Gasteiger partial charge in [-0.3, -0.25) is 34.5 Å². The normalized spacial score (nSPS) is 16.3. The minimum atomic E-state index is -5.01. The Labute approximate surface area is 315 Å². The van der Waals surface area contributed by atoms with Crippen LogP contribution in [0.15, 0.2) is 133 Å². The highest BCUT2D eigenvalue weighted by Crippen LogP contribution is 2.29. The molecule has 0 aliphatic heterocycles. The smallest absolute Gasteiger partial charge is 0.339 e. The van der Waals surface area contributed by atoms with E-state index in [1.807, 2.05) is 0 Å². The summed E-state index contributed by atoms with van der Waals surface area (Å²) in [7, 11) is -9.99. The average molecular weight is 806 g/mol. The van der Waals surface area contributed by atoms with Crippen LogP contribution in [0, 0.1) is 0 Å². The number of nitrogens with one attached hydrogen (secondary N) is 1. The zero-order chi connectivity index (χ0) is 40.9. The van der Waals surface area contributed by atoms with Gasteiger partial charge in [0.1, 0.15) is 31.5 Å². The van der Waals surface area contributed by atoms with Crippen molar-refractivity contribution >= 4 is 90.1 Å². The van der Waals surface area contributed by atoms with Crippen LogP contribution >= 0.6 is 0 Å². The summed E-state index contributed by atoms with van der Waals surface area (Å²) in [5, 5.41) is 51.2. The Hall–Kier alpha value is -7.24. The van der Waals surface area contributed by atoms with E-state index < -0.39 is 64.7 Å². The highest BCUT2D eigenvalue weighted by Gasteiger charge is 2.23. The molecule has 0 aromatic heterocycles. The quantitative estimate of drug-likeness (QED) is 0.0260. The Morgan fingerprint density at radius 3 is 1.79 bits per heavy atom. The van der Waals surface area contributed by atoms with E-state index in [4.69, 9.17) is 10.2 Å². The molecule has 2 aliphatic carbocycles. The molecule has 3 aromatic rings. The maximum Gasteiger partial charge on any atom is 0.339 e. The minimum absolute atomic E-state index is 0.153. The number of rotatable bonds is 12. The number of hydrogen-bond donors (Lipinski definition) is 7. The van der Waals surface area contributed by atoms with Crippen molar-refractivity contribution in [1.82, 2.24) is 0 Å². The van der Waals surface area contributed by atoms with Crippen molar-refractivity contribution in [2.24, 2.45) is 15.3 Å². The highest BCUT2D eigenvalue weighted by molar-refractivity contribution is 7.86. The Bertz CT molecular complexity index is 2680. The van der Waals surface area contributed by atoms with Crippen molar-refractivity contribution in [3.8, 4) is 0 Å². The average Bonchev–Trinajstić information content (AvgIpc) is 3.13. The number of benzene rings is 3. The summed E-state index contributed by atoms with van der Waals surface area (Å²) in [5.41, 5.74) is 1.08. The predicted octanol–water partition coefficient (Wildman–Crippen LogP) is 3.79. The Morgan fingerprint density at radius 1 is 0.714 bits per heavy atom. The van der Waals surface area contributed by atoms with Gasteiger partial charge in [0.25, 0.3) is 25.9 Å². The number of carboxylic acid groups (broad SMARTS) is 2. The number of allylic oxidation sites excluding steroid dienone is 6. The number of hydrazone groups is 2. The van der Waals surface area contributed by atoms with Crippen molar-refractivity contribution in [1.29, 1.82) is 0 Å². The van der Waals surface area contributed by atoms with Gasteiger partial charge in [-0.1, -0.05) is 18.2 Å². The van der Waals surface area contributed by atoms with Gasteiger partial charge >= 0.3 is 11.9 Å². The van der Waals surface area contributed by atoms with Gasteiger partial charge in [0.05, 0.1) is 27.9 Å². The molecular formula is C34H25N6O14S2+. The lowest BCUT2D eigenvalue weighted by Crippen LogP contribution is -2.18. The lowest BCUT2D eigenvalue weighted by Gasteiger charge is -2.14. The minimum Gasteiger partial charge on any atom is -0.478 e. The van der Waals surface area contributed by atoms with Crippen molar-refractivity contribution in [3.05, 3.63) is 119 Å². The first kappa shape index (κ1) is 40.0. The number of azo groups is 1. The molecule has 2 aliphatic rings. The van der Waals surface area contributed by atoms with Crippen molar-refractivity contribution in [3.63, 3.8) is 0 Å². The number of anilines is 2. The largest absolute Gasteiger partial charge is 0.478 e. The third-order valence-electron chi connectivity index (χ3n) is 7.44. The lowest BCUT2D eigenvalue weighted by atomic mass is 10.0. The molecule has 5 rings (SSSR count). The van der Waals surface area contributed by atoms with E-state index in [2.05, 4.69) is 20.7 Å². The zero-order valence-corrected chi connectivity index (χ0v) is 29.5. The molecule has 22 heteroatoms. The van der Waals surface area contributed by atoms with Gasteiger partial charge in [-0.2, -0.15) is 21.9 Å². The molecule has 0 radical (unpaired) electrons. The van der Waals surface area contributed by atoms with Gasteiger partial charge in [-0.15, -0.1) is 10.3 Å². The number of ketones is 2. The summed E-state index contributed by atoms with van der Waals surface area (Å²) in [5.74, 6) is -4.45. The van der Waals surface area contributed by atoms with Gasteiger partial charge in [-0.05, 0) is 90.0 Å². The van der Waals surface area contributed by atoms with Crippen LogP contribution in [0.25, 0.3) is 12.2 Å². The van der Waals surface area contributed by atoms with Crippen molar-refractivity contribution < 1.29 is 70.6 Å². The maximum atomic E-state index is 12.3. The second kappa shape index (κ2) is 16.0. The van der Waals surface area contributed by atoms with Crippen LogP contribution in [0.3, 0.4) is 0 Å². The third kappa shape index (κ3) is 9.64. The van der Waals surface area contributed by atoms with E-state index in [0.29, 0.717) is 10.5 Å². The zero-order valence-electron chi connectivity index (χ0n) is 27.9. The first-order valence-corrected chi connectivity index (χ1v) is 18.2. The SMILES string of the molecule is O=C(O)C1=CC(=NNc2ccc(N=[N+](O)c3ccc(/C=C/c4ccc(N(O)N=C5C=CC(=O)C(C(=O)O)=C5)cc4S(=O)(=O)O)c(S(=O)(=O)O)c3)cc2)C=CC1=O. The number of aliphatic carboxylic acids is 2. The van der Waals surface area contributed by atoms with Crippen molar-refractivity contribution in [2.45, 2.75) is 9.79 Å². The summed E-state index contributed by atoms with van der Waals surface area (Å²) in [4.78, 5) is 44.6. The van der Waals surface area contributed by atoms with Crippen LogP contribution in [0.2, 0.25) is 0 Å². The number of hydrogen-bond acceptors (Lipinski definition) is 14. The first-order chi connectivity index (χ1) is 26.3. The maximum absolute atomic E-state index is 12.3. The highest BCUT2D eigenvalue weighted by atomic mass is 32.2. The molecule has 0 fully saturated rings. The van der Waals surface area contributed by atoms with Crippen LogP contribution < -0.4 is 10.6 Å². The molecule has 0 atom stereocenters. The van der Waals surface area contributed by atoms with Crippen LogP contribution in [-0.2, 0) is 39.4 Å². The second-order valence-corrected chi connectivity index (χ2v) is 14.0. The molecule has 0 heterocycles. The predicted molar refractivity (Wildman–Crippen MR) is 194 cm³/mol. The molecule has 0 saturated heterocycles. The van der Waals surface area contributed by atoms with E-state index >= 15 is 0 Å². The molecule has 0 amide bonds. The molecule has 7 N–H and O–H groups in total. The molecule has 0 unspecified atom stereocenters. The Balaban J connectivity index is 1.38. The molecule has 286 valence electrons. The van der Waals surface area contributed by atoms with Crippen LogP contribution in [0.5, 0.6) is 0 Å². The number of carboxylic acids is 2. The summed E-state index contributed by atoms with van der Waals surface area (Å²) in [6.07, 6.45) is 8.46. The first-order valence-electron chi connectivity index (χ1n) is 15.3. The fourth-order valence-corrected chi connectivity index (χ4v) is 6.17. The fraction of sp³-hybridized carbons (Fsp3) is 0. The molecule has 20 nitrogen and oxygen atoms in total. The summed E-state index contributed by atoms with van der Waals surface area (Å²) in [6.45, 7) is 0. The van der Waals surface area contributed by atoms with Gasteiger partial charge in [0.2, 0.25) is 0 Å². The van der Waals surface area contributed by atoms with E-state index in [0.717, 1.165) is 72.9 Å². The van der Waals surface area contributed by atoms with Gasteiger partial charge in [0, 0.05) is 12.1 Å². The Morgan fingerprint density at radius 2 is 1.23 bits per heavy atom. The molecule has 0 bridgehead atoms. The molecule has 0 saturated carbocycles. The van der Waals surface area contributed by atoms with Gasteiger partial charge in [0.15, 0.2) is 11.6 Å². The number of nitrogens with zero attached hydrogens (tertiary/aromatic N) is 5. The van der Waals surface area contributed by atoms with Crippen LogP contribution in [-0.4, -0.2) is 86.4 Å². The van der Waals surface area contributed by atoms with Gasteiger partial charge in [-0.25, -0.2) is 9.59 Å². The fourth-order valence-electron chi connectivity index (χ4n) is 4.76. The molecule has 56 heavy (non-hydrogen) atoms.